The summed E-state index contributed by atoms with van der Waals surface area (Å²) in [6.07, 6.45) is 3.41. The van der Waals surface area contributed by atoms with Gasteiger partial charge >= 0.3 is 0 Å². The van der Waals surface area contributed by atoms with Crippen molar-refractivity contribution in [3.8, 4) is 0 Å². The molecule has 0 aliphatic carbocycles. The summed E-state index contributed by atoms with van der Waals surface area (Å²) in [4.78, 5) is 27.7. The maximum atomic E-state index is 12.0. The lowest BCUT2D eigenvalue weighted by atomic mass is 10.1. The molecule has 0 aliphatic rings. The summed E-state index contributed by atoms with van der Waals surface area (Å²) in [5.41, 5.74) is 5.49. The van der Waals surface area contributed by atoms with Crippen molar-refractivity contribution in [3.05, 3.63) is 50.0 Å². The summed E-state index contributed by atoms with van der Waals surface area (Å²) >= 11 is 1.62. The summed E-state index contributed by atoms with van der Waals surface area (Å²) in [7, 11) is 0. The Morgan fingerprint density at radius 2 is 2.27 bits per heavy atom. The van der Waals surface area contributed by atoms with Crippen molar-refractivity contribution in [2.75, 3.05) is 12.3 Å². The Bertz CT molecular complexity index is 699. The van der Waals surface area contributed by atoms with E-state index in [0.29, 0.717) is 13.0 Å². The third-order valence-corrected chi connectivity index (χ3v) is 4.27. The molecule has 1 aromatic carbocycles. The monoisotopic (exact) mass is 320 g/mol. The highest BCUT2D eigenvalue weighted by Crippen LogP contribution is 2.22. The van der Waals surface area contributed by atoms with Crippen LogP contribution in [0, 0.1) is 10.1 Å². The second-order valence-corrected chi connectivity index (χ2v) is 5.81. The molecule has 8 heteroatoms. The minimum absolute atomic E-state index is 0.0384. The highest BCUT2D eigenvalue weighted by molar-refractivity contribution is 7.11. The lowest BCUT2D eigenvalue weighted by molar-refractivity contribution is -0.383. The second-order valence-electron chi connectivity index (χ2n) is 4.61. The molecule has 0 bridgehead atoms. The molecule has 0 saturated carbocycles. The van der Waals surface area contributed by atoms with Crippen LogP contribution in [0.5, 0.6) is 0 Å². The van der Waals surface area contributed by atoms with Crippen LogP contribution in [0.25, 0.3) is 0 Å². The zero-order valence-corrected chi connectivity index (χ0v) is 12.9. The van der Waals surface area contributed by atoms with Gasteiger partial charge in [-0.3, -0.25) is 14.9 Å². The van der Waals surface area contributed by atoms with Crippen LogP contribution in [0.4, 0.5) is 11.4 Å². The van der Waals surface area contributed by atoms with Crippen LogP contribution in [-0.4, -0.2) is 22.4 Å². The van der Waals surface area contributed by atoms with Crippen molar-refractivity contribution < 1.29 is 9.72 Å². The smallest absolute Gasteiger partial charge is 0.292 e. The molecule has 116 valence electrons. The van der Waals surface area contributed by atoms with Gasteiger partial charge in [0, 0.05) is 35.7 Å². The Morgan fingerprint density at radius 3 is 2.91 bits per heavy atom. The Balaban J connectivity index is 1.94. The first-order valence-electron chi connectivity index (χ1n) is 6.77. The molecule has 7 nitrogen and oxygen atoms in total. The van der Waals surface area contributed by atoms with Gasteiger partial charge in [-0.1, -0.05) is 6.92 Å². The molecule has 0 fully saturated rings. The van der Waals surface area contributed by atoms with E-state index in [2.05, 4.69) is 17.2 Å². The number of aromatic nitrogens is 1. The normalized spacial score (nSPS) is 10.4. The van der Waals surface area contributed by atoms with Crippen LogP contribution >= 0.6 is 11.3 Å². The highest BCUT2D eigenvalue weighted by Gasteiger charge is 2.15. The van der Waals surface area contributed by atoms with Crippen molar-refractivity contribution >= 4 is 28.6 Å². The van der Waals surface area contributed by atoms with Gasteiger partial charge in [-0.25, -0.2) is 4.98 Å². The van der Waals surface area contributed by atoms with E-state index >= 15 is 0 Å². The van der Waals surface area contributed by atoms with Crippen molar-refractivity contribution in [2.24, 2.45) is 0 Å². The number of rotatable bonds is 6. The maximum absolute atomic E-state index is 12.0. The number of benzene rings is 1. The second kappa shape index (κ2) is 6.99. The number of nitrogens with one attached hydrogen (secondary N) is 1. The molecule has 0 aliphatic heterocycles. The number of hydrogen-bond donors (Lipinski definition) is 2. The number of nitrogen functional groups attached to an aromatic ring is 1. The minimum atomic E-state index is -0.603. The van der Waals surface area contributed by atoms with Gasteiger partial charge in [-0.05, 0) is 18.6 Å². The van der Waals surface area contributed by atoms with Gasteiger partial charge in [-0.2, -0.15) is 0 Å². The van der Waals surface area contributed by atoms with Crippen molar-refractivity contribution in [3.63, 3.8) is 0 Å². The lowest BCUT2D eigenvalue weighted by Crippen LogP contribution is -2.25. The number of aryl methyl sites for hydroxylation is 1. The van der Waals surface area contributed by atoms with Crippen LogP contribution < -0.4 is 11.1 Å². The third kappa shape index (κ3) is 3.79. The van der Waals surface area contributed by atoms with E-state index in [1.807, 2.05) is 6.20 Å². The van der Waals surface area contributed by atoms with Gasteiger partial charge in [0.25, 0.3) is 11.6 Å². The Labute approximate surface area is 131 Å². The zero-order valence-electron chi connectivity index (χ0n) is 12.0. The fourth-order valence-electron chi connectivity index (χ4n) is 1.86. The highest BCUT2D eigenvalue weighted by atomic mass is 32.1. The van der Waals surface area contributed by atoms with Crippen molar-refractivity contribution in [1.29, 1.82) is 0 Å². The van der Waals surface area contributed by atoms with Gasteiger partial charge in [0.1, 0.15) is 5.69 Å². The molecule has 22 heavy (non-hydrogen) atoms. The molecule has 0 unspecified atom stereocenters. The lowest BCUT2D eigenvalue weighted by Gasteiger charge is -2.05. The Kier molecular flexibility index (Phi) is 5.05. The van der Waals surface area contributed by atoms with Gasteiger partial charge in [0.05, 0.1) is 9.93 Å². The zero-order chi connectivity index (χ0) is 16.1. The summed E-state index contributed by atoms with van der Waals surface area (Å²) in [5.74, 6) is -0.365. The number of carbonyl (C=O) groups is 1. The first kappa shape index (κ1) is 15.9. The first-order chi connectivity index (χ1) is 10.5. The molecule has 2 aromatic rings. The summed E-state index contributed by atoms with van der Waals surface area (Å²) in [6, 6.07) is 4.01. The number of nitrogens with zero attached hydrogens (tertiary/aromatic N) is 2. The predicted molar refractivity (Wildman–Crippen MR) is 85.0 cm³/mol. The SMILES string of the molecule is CCc1cnc(CCNC(=O)c2ccc(N)c([N+](=O)[O-])c2)s1. The quantitative estimate of drug-likeness (QED) is 0.481. The minimum Gasteiger partial charge on any atom is -0.393 e. The van der Waals surface area contributed by atoms with Crippen LogP contribution in [-0.2, 0) is 12.8 Å². The van der Waals surface area contributed by atoms with Gasteiger partial charge in [0.15, 0.2) is 0 Å². The van der Waals surface area contributed by atoms with E-state index in [1.165, 1.54) is 23.1 Å². The van der Waals surface area contributed by atoms with Crippen molar-refractivity contribution in [1.82, 2.24) is 10.3 Å². The van der Waals surface area contributed by atoms with Crippen LogP contribution in [0.1, 0.15) is 27.2 Å². The standard InChI is InChI=1S/C14H16N4O3S/c1-2-10-8-17-13(22-10)5-6-16-14(19)9-3-4-11(15)12(7-9)18(20)21/h3-4,7-8H,2,5-6,15H2,1H3,(H,16,19). The average Bonchev–Trinajstić information content (AvgIpc) is 2.95. The van der Waals surface area contributed by atoms with E-state index in [1.54, 1.807) is 11.3 Å². The number of nitro benzene ring substituents is 1. The molecule has 0 radical (unpaired) electrons. The van der Waals surface area contributed by atoms with Gasteiger partial charge in [0.2, 0.25) is 0 Å². The largest absolute Gasteiger partial charge is 0.393 e. The fraction of sp³-hybridized carbons (Fsp3) is 0.286. The number of anilines is 1. The molecule has 2 rings (SSSR count). The number of amides is 1. The first-order valence-corrected chi connectivity index (χ1v) is 7.58. The topological polar surface area (TPSA) is 111 Å². The number of hydrogen-bond acceptors (Lipinski definition) is 6. The van der Waals surface area contributed by atoms with E-state index in [9.17, 15) is 14.9 Å². The summed E-state index contributed by atoms with van der Waals surface area (Å²) in [6.45, 7) is 2.49. The molecular formula is C14H16N4O3S. The average molecular weight is 320 g/mol. The molecular weight excluding hydrogens is 304 g/mol. The van der Waals surface area contributed by atoms with Gasteiger partial charge < -0.3 is 11.1 Å². The predicted octanol–water partition coefficient (Wildman–Crippen LogP) is 2.17. The Morgan fingerprint density at radius 1 is 1.50 bits per heavy atom. The van der Waals surface area contributed by atoms with Crippen molar-refractivity contribution in [2.45, 2.75) is 19.8 Å². The van der Waals surface area contributed by atoms with E-state index in [-0.39, 0.29) is 22.8 Å². The molecule has 0 atom stereocenters. The Hall–Kier alpha value is -2.48. The summed E-state index contributed by atoms with van der Waals surface area (Å²) < 4.78 is 0. The molecule has 3 N–H and O–H groups in total. The third-order valence-electron chi connectivity index (χ3n) is 3.06. The molecule has 0 saturated heterocycles. The number of thiazole rings is 1. The molecule has 0 spiro atoms. The van der Waals surface area contributed by atoms with Crippen LogP contribution in [0.3, 0.4) is 0 Å². The van der Waals surface area contributed by atoms with Crippen LogP contribution in [0.2, 0.25) is 0 Å². The number of nitrogens with two attached hydrogens (primary N) is 1. The maximum Gasteiger partial charge on any atom is 0.292 e. The fourth-order valence-corrected chi connectivity index (χ4v) is 2.72. The number of nitro groups is 1. The van der Waals surface area contributed by atoms with E-state index in [0.717, 1.165) is 11.4 Å². The number of carbonyl (C=O) groups excluding carboxylic acids is 1. The van der Waals surface area contributed by atoms with E-state index in [4.69, 9.17) is 5.73 Å². The van der Waals surface area contributed by atoms with Gasteiger partial charge in [-0.15, -0.1) is 11.3 Å². The molecule has 1 aromatic heterocycles. The summed E-state index contributed by atoms with van der Waals surface area (Å²) in [5, 5.41) is 14.5. The molecule has 1 amide bonds. The molecule has 1 heterocycles. The van der Waals surface area contributed by atoms with E-state index < -0.39 is 4.92 Å². The van der Waals surface area contributed by atoms with Crippen LogP contribution in [0.15, 0.2) is 24.4 Å².